The maximum Gasteiger partial charge on any atom is 0.225 e. The Morgan fingerprint density at radius 1 is 1.50 bits per heavy atom. The highest BCUT2D eigenvalue weighted by Crippen LogP contribution is 2.24. The molecule has 1 rings (SSSR count). The van der Waals surface area contributed by atoms with Gasteiger partial charge < -0.3 is 4.90 Å². The third-order valence-electron chi connectivity index (χ3n) is 3.11. The maximum atomic E-state index is 12.0. The van der Waals surface area contributed by atoms with Gasteiger partial charge in [-0.3, -0.25) is 4.79 Å². The van der Waals surface area contributed by atoms with Crippen LogP contribution in [-0.4, -0.2) is 23.4 Å². The Kier molecular flexibility index (Phi) is 4.43. The SMILES string of the molecule is CCCCC1CCCN(C(C)C)C1=O. The molecule has 1 unspecified atom stereocenters. The molecule has 1 aliphatic heterocycles. The third kappa shape index (κ3) is 2.73. The Morgan fingerprint density at radius 3 is 2.79 bits per heavy atom. The van der Waals surface area contributed by atoms with E-state index in [1.807, 2.05) is 4.90 Å². The van der Waals surface area contributed by atoms with E-state index < -0.39 is 0 Å². The molecular formula is C12H23NO. The van der Waals surface area contributed by atoms with Crippen LogP contribution in [0, 0.1) is 5.92 Å². The molecule has 1 saturated heterocycles. The average Bonchev–Trinajstić information content (AvgIpc) is 2.16. The van der Waals surface area contributed by atoms with Crippen LogP contribution in [0.15, 0.2) is 0 Å². The van der Waals surface area contributed by atoms with E-state index in [1.54, 1.807) is 0 Å². The predicted molar refractivity (Wildman–Crippen MR) is 59.1 cm³/mol. The van der Waals surface area contributed by atoms with Gasteiger partial charge in [0, 0.05) is 18.5 Å². The number of carbonyl (C=O) groups excluding carboxylic acids is 1. The lowest BCUT2D eigenvalue weighted by Gasteiger charge is -2.35. The van der Waals surface area contributed by atoms with Crippen LogP contribution in [0.25, 0.3) is 0 Å². The highest BCUT2D eigenvalue weighted by Gasteiger charge is 2.29. The van der Waals surface area contributed by atoms with Crippen molar-refractivity contribution in [2.24, 2.45) is 5.92 Å². The predicted octanol–water partition coefficient (Wildman–Crippen LogP) is 2.82. The second-order valence-corrected chi connectivity index (χ2v) is 4.61. The molecule has 1 fully saturated rings. The van der Waals surface area contributed by atoms with Gasteiger partial charge in [-0.25, -0.2) is 0 Å². The molecule has 0 bridgehead atoms. The van der Waals surface area contributed by atoms with E-state index in [1.165, 1.54) is 19.3 Å². The van der Waals surface area contributed by atoms with Gasteiger partial charge in [-0.2, -0.15) is 0 Å². The van der Waals surface area contributed by atoms with Gasteiger partial charge in [-0.15, -0.1) is 0 Å². The summed E-state index contributed by atoms with van der Waals surface area (Å²) in [6.07, 6.45) is 5.80. The Bertz CT molecular complexity index is 189. The summed E-state index contributed by atoms with van der Waals surface area (Å²) < 4.78 is 0. The van der Waals surface area contributed by atoms with Gasteiger partial charge in [-0.05, 0) is 33.1 Å². The first-order chi connectivity index (χ1) is 6.66. The molecule has 0 aromatic rings. The lowest BCUT2D eigenvalue weighted by molar-refractivity contribution is -0.140. The Hall–Kier alpha value is -0.530. The minimum absolute atomic E-state index is 0.325. The highest BCUT2D eigenvalue weighted by molar-refractivity contribution is 5.79. The number of likely N-dealkylation sites (tertiary alicyclic amines) is 1. The van der Waals surface area contributed by atoms with Crippen LogP contribution in [0.1, 0.15) is 52.9 Å². The molecule has 1 amide bonds. The Balaban J connectivity index is 2.48. The highest BCUT2D eigenvalue weighted by atomic mass is 16.2. The zero-order valence-electron chi connectivity index (χ0n) is 9.75. The molecule has 2 nitrogen and oxygen atoms in total. The van der Waals surface area contributed by atoms with Gasteiger partial charge in [0.25, 0.3) is 0 Å². The average molecular weight is 197 g/mol. The monoisotopic (exact) mass is 197 g/mol. The first-order valence-corrected chi connectivity index (χ1v) is 5.97. The number of amides is 1. The van der Waals surface area contributed by atoms with E-state index in [0.29, 0.717) is 17.9 Å². The molecule has 1 aliphatic rings. The van der Waals surface area contributed by atoms with Crippen LogP contribution in [0.3, 0.4) is 0 Å². The molecule has 1 heterocycles. The van der Waals surface area contributed by atoms with Crippen LogP contribution < -0.4 is 0 Å². The zero-order valence-corrected chi connectivity index (χ0v) is 9.75. The molecule has 0 aromatic heterocycles. The number of piperidine rings is 1. The lowest BCUT2D eigenvalue weighted by Crippen LogP contribution is -2.45. The number of hydrogen-bond acceptors (Lipinski definition) is 1. The van der Waals surface area contributed by atoms with Crippen molar-refractivity contribution in [3.63, 3.8) is 0 Å². The van der Waals surface area contributed by atoms with E-state index in [2.05, 4.69) is 20.8 Å². The molecule has 14 heavy (non-hydrogen) atoms. The van der Waals surface area contributed by atoms with Gasteiger partial charge in [0.1, 0.15) is 0 Å². The number of nitrogens with zero attached hydrogens (tertiary/aromatic N) is 1. The number of carbonyl (C=O) groups is 1. The van der Waals surface area contributed by atoms with E-state index in [-0.39, 0.29) is 0 Å². The van der Waals surface area contributed by atoms with Crippen LogP contribution >= 0.6 is 0 Å². The van der Waals surface area contributed by atoms with Gasteiger partial charge in [0.2, 0.25) is 5.91 Å². The first-order valence-electron chi connectivity index (χ1n) is 5.97. The number of rotatable bonds is 4. The topological polar surface area (TPSA) is 20.3 Å². The summed E-state index contributed by atoms with van der Waals surface area (Å²) in [6, 6.07) is 0.381. The van der Waals surface area contributed by atoms with E-state index in [9.17, 15) is 4.79 Å². The quantitative estimate of drug-likeness (QED) is 0.678. The van der Waals surface area contributed by atoms with Crippen molar-refractivity contribution in [3.05, 3.63) is 0 Å². The third-order valence-corrected chi connectivity index (χ3v) is 3.11. The summed E-state index contributed by atoms with van der Waals surface area (Å²) in [5.41, 5.74) is 0. The van der Waals surface area contributed by atoms with Crippen molar-refractivity contribution < 1.29 is 4.79 Å². The van der Waals surface area contributed by atoms with Gasteiger partial charge in [0.15, 0.2) is 0 Å². The van der Waals surface area contributed by atoms with Gasteiger partial charge in [-0.1, -0.05) is 19.8 Å². The van der Waals surface area contributed by atoms with Crippen molar-refractivity contribution in [1.29, 1.82) is 0 Å². The largest absolute Gasteiger partial charge is 0.340 e. The van der Waals surface area contributed by atoms with Crippen LogP contribution in [0.2, 0.25) is 0 Å². The molecule has 1 atom stereocenters. The minimum Gasteiger partial charge on any atom is -0.340 e. The standard InChI is InChI=1S/C12H23NO/c1-4-5-7-11-8-6-9-13(10(2)3)12(11)14/h10-11H,4-9H2,1-3H3. The lowest BCUT2D eigenvalue weighted by atomic mass is 9.91. The summed E-state index contributed by atoms with van der Waals surface area (Å²) in [6.45, 7) is 7.38. The molecule has 0 N–H and O–H groups in total. The summed E-state index contributed by atoms with van der Waals surface area (Å²) in [7, 11) is 0. The fourth-order valence-electron chi connectivity index (χ4n) is 2.21. The first kappa shape index (κ1) is 11.5. The van der Waals surface area contributed by atoms with Gasteiger partial charge in [0.05, 0.1) is 0 Å². The van der Waals surface area contributed by atoms with Gasteiger partial charge >= 0.3 is 0 Å². The molecule has 0 spiro atoms. The normalized spacial score (nSPS) is 23.3. The zero-order chi connectivity index (χ0) is 10.6. The van der Waals surface area contributed by atoms with Crippen molar-refractivity contribution >= 4 is 5.91 Å². The number of unbranched alkanes of at least 4 members (excludes halogenated alkanes) is 1. The van der Waals surface area contributed by atoms with E-state index in [4.69, 9.17) is 0 Å². The van der Waals surface area contributed by atoms with Crippen molar-refractivity contribution in [3.8, 4) is 0 Å². The summed E-state index contributed by atoms with van der Waals surface area (Å²) in [5.74, 6) is 0.728. The van der Waals surface area contributed by atoms with Crippen LogP contribution in [0.4, 0.5) is 0 Å². The minimum atomic E-state index is 0.325. The molecule has 0 aliphatic carbocycles. The Labute approximate surface area is 87.7 Å². The summed E-state index contributed by atoms with van der Waals surface area (Å²) in [5, 5.41) is 0. The van der Waals surface area contributed by atoms with Crippen molar-refractivity contribution in [2.75, 3.05) is 6.54 Å². The molecule has 0 aromatic carbocycles. The van der Waals surface area contributed by atoms with Crippen molar-refractivity contribution in [1.82, 2.24) is 4.90 Å². The molecule has 2 heteroatoms. The van der Waals surface area contributed by atoms with Crippen molar-refractivity contribution in [2.45, 2.75) is 58.9 Å². The van der Waals surface area contributed by atoms with Crippen LogP contribution in [0.5, 0.6) is 0 Å². The molecule has 0 radical (unpaired) electrons. The van der Waals surface area contributed by atoms with E-state index >= 15 is 0 Å². The fourth-order valence-corrected chi connectivity index (χ4v) is 2.21. The van der Waals surface area contributed by atoms with E-state index in [0.717, 1.165) is 19.4 Å². The van der Waals surface area contributed by atoms with Crippen LogP contribution in [-0.2, 0) is 4.79 Å². The fraction of sp³-hybridized carbons (Fsp3) is 0.917. The maximum absolute atomic E-state index is 12.0. The molecule has 0 saturated carbocycles. The molecular weight excluding hydrogens is 174 g/mol. The second-order valence-electron chi connectivity index (χ2n) is 4.61. The molecule has 82 valence electrons. The summed E-state index contributed by atoms with van der Waals surface area (Å²) in [4.78, 5) is 14.0. The number of hydrogen-bond donors (Lipinski definition) is 0. The second kappa shape index (κ2) is 5.38. The summed E-state index contributed by atoms with van der Waals surface area (Å²) >= 11 is 0. The smallest absolute Gasteiger partial charge is 0.225 e. The Morgan fingerprint density at radius 2 is 2.21 bits per heavy atom.